The van der Waals surface area contributed by atoms with Crippen molar-refractivity contribution in [3.05, 3.63) is 12.4 Å². The molecular weight excluding hydrogens is 280 g/mol. The zero-order valence-corrected chi connectivity index (χ0v) is 13.4. The predicted octanol–water partition coefficient (Wildman–Crippen LogP) is 0.891. The zero-order chi connectivity index (χ0) is 15.7. The Hall–Kier alpha value is -1.40. The summed E-state index contributed by atoms with van der Waals surface area (Å²) in [5, 5.41) is 20.1. The van der Waals surface area contributed by atoms with Crippen LogP contribution in [-0.2, 0) is 0 Å². The van der Waals surface area contributed by atoms with Crippen molar-refractivity contribution in [1.29, 1.82) is 0 Å². The third-order valence-electron chi connectivity index (χ3n) is 5.12. The fourth-order valence-corrected chi connectivity index (χ4v) is 3.20. The van der Waals surface area contributed by atoms with Crippen LogP contribution in [0.25, 0.3) is 0 Å². The van der Waals surface area contributed by atoms with Gasteiger partial charge < -0.3 is 20.0 Å². The standard InChI is InChI=1S/C16H26N4O2/c1-11-3-5-19(8-13(11)21)15-7-16(18-10-17-15)20-6-4-12(2)14(22)9-20/h7,10-14,21-22H,3-6,8-9H2,1-2H3/t11-,12+,13+,14-. The van der Waals surface area contributed by atoms with E-state index in [0.717, 1.165) is 37.6 Å². The Morgan fingerprint density at radius 2 is 1.36 bits per heavy atom. The minimum absolute atomic E-state index is 0.301. The van der Waals surface area contributed by atoms with E-state index >= 15 is 0 Å². The van der Waals surface area contributed by atoms with Gasteiger partial charge in [0, 0.05) is 32.2 Å². The summed E-state index contributed by atoms with van der Waals surface area (Å²) >= 11 is 0. The Bertz CT molecular complexity index is 471. The average molecular weight is 306 g/mol. The van der Waals surface area contributed by atoms with Crippen LogP contribution in [0, 0.1) is 11.8 Å². The molecular formula is C16H26N4O2. The van der Waals surface area contributed by atoms with E-state index in [0.29, 0.717) is 24.9 Å². The first-order valence-electron chi connectivity index (χ1n) is 8.22. The number of rotatable bonds is 2. The van der Waals surface area contributed by atoms with Gasteiger partial charge in [-0.2, -0.15) is 0 Å². The fraction of sp³-hybridized carbons (Fsp3) is 0.750. The normalized spacial score (nSPS) is 33.1. The van der Waals surface area contributed by atoms with Crippen molar-refractivity contribution in [2.45, 2.75) is 38.9 Å². The van der Waals surface area contributed by atoms with Crippen LogP contribution >= 0.6 is 0 Å². The van der Waals surface area contributed by atoms with E-state index in [9.17, 15) is 10.2 Å². The molecule has 6 heteroatoms. The van der Waals surface area contributed by atoms with Crippen molar-refractivity contribution in [3.8, 4) is 0 Å². The third-order valence-corrected chi connectivity index (χ3v) is 5.12. The molecule has 2 aliphatic heterocycles. The number of β-amino-alcohol motifs (C(OH)–C–C–N with tert-alkyl or cyclic N) is 2. The third kappa shape index (κ3) is 3.17. The maximum absolute atomic E-state index is 10.1. The van der Waals surface area contributed by atoms with Crippen LogP contribution in [0.4, 0.5) is 11.6 Å². The first-order valence-corrected chi connectivity index (χ1v) is 8.22. The molecule has 0 radical (unpaired) electrons. The monoisotopic (exact) mass is 306 g/mol. The molecule has 0 spiro atoms. The number of aromatic nitrogens is 2. The summed E-state index contributed by atoms with van der Waals surface area (Å²) in [6.45, 7) is 7.24. The molecule has 1 aromatic rings. The largest absolute Gasteiger partial charge is 0.391 e. The van der Waals surface area contributed by atoms with Crippen molar-refractivity contribution in [1.82, 2.24) is 9.97 Å². The van der Waals surface area contributed by atoms with Crippen LogP contribution in [0.15, 0.2) is 12.4 Å². The molecule has 0 amide bonds. The number of hydrogen-bond donors (Lipinski definition) is 2. The van der Waals surface area contributed by atoms with Crippen molar-refractivity contribution in [3.63, 3.8) is 0 Å². The van der Waals surface area contributed by atoms with Gasteiger partial charge in [0.15, 0.2) is 0 Å². The van der Waals surface area contributed by atoms with E-state index in [-0.39, 0.29) is 12.2 Å². The van der Waals surface area contributed by atoms with Crippen LogP contribution < -0.4 is 9.80 Å². The molecule has 6 nitrogen and oxygen atoms in total. The molecule has 3 heterocycles. The number of aliphatic hydroxyl groups is 2. The summed E-state index contributed by atoms with van der Waals surface area (Å²) < 4.78 is 0. The van der Waals surface area contributed by atoms with Gasteiger partial charge in [-0.05, 0) is 24.7 Å². The zero-order valence-electron chi connectivity index (χ0n) is 13.4. The first kappa shape index (κ1) is 15.5. The van der Waals surface area contributed by atoms with Crippen LogP contribution in [0.3, 0.4) is 0 Å². The molecule has 0 unspecified atom stereocenters. The van der Waals surface area contributed by atoms with Gasteiger partial charge in [-0.25, -0.2) is 9.97 Å². The van der Waals surface area contributed by atoms with Gasteiger partial charge in [-0.15, -0.1) is 0 Å². The van der Waals surface area contributed by atoms with Crippen molar-refractivity contribution >= 4 is 11.6 Å². The maximum Gasteiger partial charge on any atom is 0.134 e. The quantitative estimate of drug-likeness (QED) is 0.845. The van der Waals surface area contributed by atoms with Gasteiger partial charge in [-0.1, -0.05) is 13.8 Å². The molecule has 0 bridgehead atoms. The highest BCUT2D eigenvalue weighted by atomic mass is 16.3. The number of hydrogen-bond acceptors (Lipinski definition) is 6. The number of aliphatic hydroxyl groups excluding tert-OH is 2. The van der Waals surface area contributed by atoms with Crippen LogP contribution in [-0.4, -0.2) is 58.6 Å². The highest BCUT2D eigenvalue weighted by Gasteiger charge is 2.27. The van der Waals surface area contributed by atoms with Crippen LogP contribution in [0.1, 0.15) is 26.7 Å². The van der Waals surface area contributed by atoms with Gasteiger partial charge in [0.05, 0.1) is 12.2 Å². The topological polar surface area (TPSA) is 72.7 Å². The van der Waals surface area contributed by atoms with Gasteiger partial charge in [0.25, 0.3) is 0 Å². The summed E-state index contributed by atoms with van der Waals surface area (Å²) in [5.74, 6) is 2.42. The molecule has 122 valence electrons. The lowest BCUT2D eigenvalue weighted by Crippen LogP contribution is -2.44. The molecule has 4 atom stereocenters. The Morgan fingerprint density at radius 3 is 1.77 bits per heavy atom. The van der Waals surface area contributed by atoms with Crippen molar-refractivity contribution < 1.29 is 10.2 Å². The molecule has 0 aromatic carbocycles. The van der Waals surface area contributed by atoms with Gasteiger partial charge in [0.1, 0.15) is 18.0 Å². The summed E-state index contributed by atoms with van der Waals surface area (Å²) in [4.78, 5) is 13.0. The lowest BCUT2D eigenvalue weighted by atomic mass is 9.96. The number of piperidine rings is 2. The molecule has 2 aliphatic rings. The molecule has 2 fully saturated rings. The van der Waals surface area contributed by atoms with Gasteiger partial charge in [0.2, 0.25) is 0 Å². The van der Waals surface area contributed by atoms with Gasteiger partial charge >= 0.3 is 0 Å². The van der Waals surface area contributed by atoms with E-state index in [1.807, 2.05) is 6.07 Å². The highest BCUT2D eigenvalue weighted by Crippen LogP contribution is 2.26. The van der Waals surface area contributed by atoms with Crippen molar-refractivity contribution in [2.24, 2.45) is 11.8 Å². The van der Waals surface area contributed by atoms with E-state index in [1.165, 1.54) is 0 Å². The lowest BCUT2D eigenvalue weighted by Gasteiger charge is -2.37. The predicted molar refractivity (Wildman–Crippen MR) is 86.0 cm³/mol. The Labute approximate surface area is 131 Å². The SMILES string of the molecule is C[C@@H]1CCN(c2cc(N3CC[C@H](C)[C@H](O)C3)ncn2)C[C@@H]1O. The van der Waals surface area contributed by atoms with E-state index in [2.05, 4.69) is 33.6 Å². The second-order valence-corrected chi connectivity index (χ2v) is 6.79. The molecule has 0 saturated carbocycles. The second kappa shape index (κ2) is 6.38. The Kier molecular flexibility index (Phi) is 4.49. The maximum atomic E-state index is 10.1. The van der Waals surface area contributed by atoms with E-state index in [1.54, 1.807) is 6.33 Å². The first-order chi connectivity index (χ1) is 10.5. The van der Waals surface area contributed by atoms with Crippen LogP contribution in [0.2, 0.25) is 0 Å². The molecule has 1 aromatic heterocycles. The summed E-state index contributed by atoms with van der Waals surface area (Å²) in [6.07, 6.45) is 2.93. The Balaban J connectivity index is 1.73. The highest BCUT2D eigenvalue weighted by molar-refractivity contribution is 5.50. The molecule has 0 aliphatic carbocycles. The summed E-state index contributed by atoms with van der Waals surface area (Å²) in [5.41, 5.74) is 0. The van der Waals surface area contributed by atoms with Gasteiger partial charge in [-0.3, -0.25) is 0 Å². The van der Waals surface area contributed by atoms with E-state index < -0.39 is 0 Å². The minimum Gasteiger partial charge on any atom is -0.391 e. The number of nitrogens with zero attached hydrogens (tertiary/aromatic N) is 4. The molecule has 3 rings (SSSR count). The average Bonchev–Trinajstić information content (AvgIpc) is 2.53. The molecule has 2 saturated heterocycles. The molecule has 2 N–H and O–H groups in total. The Morgan fingerprint density at radius 1 is 0.909 bits per heavy atom. The molecule has 22 heavy (non-hydrogen) atoms. The second-order valence-electron chi connectivity index (χ2n) is 6.79. The van der Waals surface area contributed by atoms with E-state index in [4.69, 9.17) is 0 Å². The minimum atomic E-state index is -0.301. The number of anilines is 2. The summed E-state index contributed by atoms with van der Waals surface area (Å²) in [7, 11) is 0. The lowest BCUT2D eigenvalue weighted by molar-refractivity contribution is 0.102. The van der Waals surface area contributed by atoms with Crippen LogP contribution in [0.5, 0.6) is 0 Å². The fourth-order valence-electron chi connectivity index (χ4n) is 3.20. The smallest absolute Gasteiger partial charge is 0.134 e. The summed E-state index contributed by atoms with van der Waals surface area (Å²) in [6, 6.07) is 1.98. The van der Waals surface area contributed by atoms with Crippen molar-refractivity contribution in [2.75, 3.05) is 36.0 Å².